The number of allylic oxidation sites excluding steroid dienone is 1. The van der Waals surface area contributed by atoms with Crippen LogP contribution in [0.25, 0.3) is 16.9 Å². The zero-order chi connectivity index (χ0) is 19.8. The van der Waals surface area contributed by atoms with Crippen LogP contribution >= 0.6 is 0 Å². The SMILES string of the molecule is C=CCn1c(C)cn2c3c(=O)n(CCCc4ccccc4)c(=O)n(C)c3nc12. The molecule has 0 radical (unpaired) electrons. The summed E-state index contributed by atoms with van der Waals surface area (Å²) < 4.78 is 6.53. The second kappa shape index (κ2) is 6.99. The summed E-state index contributed by atoms with van der Waals surface area (Å²) in [7, 11) is 1.66. The summed E-state index contributed by atoms with van der Waals surface area (Å²) in [5, 5.41) is 0. The highest BCUT2D eigenvalue weighted by Gasteiger charge is 2.19. The molecule has 3 aromatic heterocycles. The van der Waals surface area contributed by atoms with E-state index in [2.05, 4.69) is 23.7 Å². The third-order valence-corrected chi connectivity index (χ3v) is 5.14. The number of hydrogen-bond donors (Lipinski definition) is 0. The van der Waals surface area contributed by atoms with Crippen LogP contribution in [0, 0.1) is 6.92 Å². The van der Waals surface area contributed by atoms with Gasteiger partial charge in [0.2, 0.25) is 5.78 Å². The predicted molar refractivity (Wildman–Crippen MR) is 110 cm³/mol. The van der Waals surface area contributed by atoms with Crippen LogP contribution in [0.2, 0.25) is 0 Å². The number of rotatable bonds is 6. The van der Waals surface area contributed by atoms with E-state index in [1.165, 1.54) is 14.7 Å². The molecule has 0 spiro atoms. The van der Waals surface area contributed by atoms with Crippen molar-refractivity contribution in [3.8, 4) is 0 Å². The molecule has 0 aliphatic carbocycles. The minimum absolute atomic E-state index is 0.297. The molecule has 0 saturated heterocycles. The Balaban J connectivity index is 1.80. The first-order chi connectivity index (χ1) is 13.5. The highest BCUT2D eigenvalue weighted by Crippen LogP contribution is 2.16. The van der Waals surface area contributed by atoms with Gasteiger partial charge in [0.1, 0.15) is 0 Å². The Labute approximate surface area is 161 Å². The van der Waals surface area contributed by atoms with Crippen molar-refractivity contribution in [2.45, 2.75) is 32.9 Å². The van der Waals surface area contributed by atoms with Gasteiger partial charge in [0.05, 0.1) is 0 Å². The molecular formula is C21H23N5O2. The van der Waals surface area contributed by atoms with Crippen LogP contribution in [0.3, 0.4) is 0 Å². The van der Waals surface area contributed by atoms with Crippen molar-refractivity contribution >= 4 is 16.9 Å². The molecule has 7 nitrogen and oxygen atoms in total. The van der Waals surface area contributed by atoms with Crippen molar-refractivity contribution in [3.05, 3.63) is 81.3 Å². The van der Waals surface area contributed by atoms with Gasteiger partial charge in [-0.1, -0.05) is 36.4 Å². The minimum Gasteiger partial charge on any atom is -0.310 e. The Bertz CT molecular complexity index is 1290. The first-order valence-electron chi connectivity index (χ1n) is 9.35. The fourth-order valence-electron chi connectivity index (χ4n) is 3.69. The van der Waals surface area contributed by atoms with Gasteiger partial charge in [-0.2, -0.15) is 4.98 Å². The first-order valence-corrected chi connectivity index (χ1v) is 9.35. The van der Waals surface area contributed by atoms with Crippen LogP contribution in [-0.2, 0) is 26.6 Å². The normalized spacial score (nSPS) is 11.5. The second-order valence-electron chi connectivity index (χ2n) is 7.01. The molecular weight excluding hydrogens is 354 g/mol. The van der Waals surface area contributed by atoms with Gasteiger partial charge in [0.25, 0.3) is 5.56 Å². The number of benzene rings is 1. The Morgan fingerprint density at radius 1 is 1.14 bits per heavy atom. The number of fused-ring (bicyclic) bond motifs is 3. The lowest BCUT2D eigenvalue weighted by Crippen LogP contribution is -2.39. The summed E-state index contributed by atoms with van der Waals surface area (Å²) in [4.78, 5) is 30.5. The second-order valence-corrected chi connectivity index (χ2v) is 7.01. The van der Waals surface area contributed by atoms with E-state index in [0.29, 0.717) is 36.5 Å². The van der Waals surface area contributed by atoms with Gasteiger partial charge < -0.3 is 4.57 Å². The smallest absolute Gasteiger partial charge is 0.310 e. The average Bonchev–Trinajstić information content (AvgIpc) is 3.20. The fraction of sp³-hybridized carbons (Fsp3) is 0.286. The first kappa shape index (κ1) is 18.0. The highest BCUT2D eigenvalue weighted by molar-refractivity contribution is 5.75. The van der Waals surface area contributed by atoms with E-state index in [9.17, 15) is 9.59 Å². The number of aromatic nitrogens is 5. The Kier molecular flexibility index (Phi) is 4.50. The van der Waals surface area contributed by atoms with Crippen LogP contribution in [-0.4, -0.2) is 23.1 Å². The number of imidazole rings is 2. The lowest BCUT2D eigenvalue weighted by Gasteiger charge is -2.08. The Morgan fingerprint density at radius 3 is 2.61 bits per heavy atom. The van der Waals surface area contributed by atoms with Gasteiger partial charge in [0.15, 0.2) is 11.2 Å². The summed E-state index contributed by atoms with van der Waals surface area (Å²) in [6, 6.07) is 10.1. The summed E-state index contributed by atoms with van der Waals surface area (Å²) in [5.74, 6) is 0.640. The summed E-state index contributed by atoms with van der Waals surface area (Å²) in [5.41, 5.74) is 2.38. The van der Waals surface area contributed by atoms with Crippen LogP contribution in [0.1, 0.15) is 17.7 Å². The van der Waals surface area contributed by atoms with E-state index in [4.69, 9.17) is 0 Å². The maximum absolute atomic E-state index is 13.2. The molecule has 0 N–H and O–H groups in total. The minimum atomic E-state index is -0.335. The molecule has 4 aromatic rings. The topological polar surface area (TPSA) is 66.2 Å². The zero-order valence-corrected chi connectivity index (χ0v) is 16.1. The number of aryl methyl sites for hydroxylation is 3. The molecule has 144 valence electrons. The van der Waals surface area contributed by atoms with E-state index in [-0.39, 0.29) is 11.2 Å². The molecule has 0 unspecified atom stereocenters. The molecule has 28 heavy (non-hydrogen) atoms. The van der Waals surface area contributed by atoms with Crippen molar-refractivity contribution in [1.29, 1.82) is 0 Å². The summed E-state index contributed by atoms with van der Waals surface area (Å²) in [6.07, 6.45) is 5.19. The van der Waals surface area contributed by atoms with Gasteiger partial charge in [0, 0.05) is 32.0 Å². The van der Waals surface area contributed by atoms with Crippen LogP contribution in [0.15, 0.2) is 58.8 Å². The van der Waals surface area contributed by atoms with Crippen molar-refractivity contribution in [2.75, 3.05) is 0 Å². The molecule has 4 rings (SSSR count). The third-order valence-electron chi connectivity index (χ3n) is 5.14. The zero-order valence-electron chi connectivity index (χ0n) is 16.1. The molecule has 0 aliphatic heterocycles. The predicted octanol–water partition coefficient (Wildman–Crippen LogP) is 2.28. The number of hydrogen-bond acceptors (Lipinski definition) is 3. The molecule has 0 saturated carbocycles. The fourth-order valence-corrected chi connectivity index (χ4v) is 3.69. The van der Waals surface area contributed by atoms with Gasteiger partial charge >= 0.3 is 5.69 Å². The Hall–Kier alpha value is -3.35. The van der Waals surface area contributed by atoms with Crippen molar-refractivity contribution < 1.29 is 0 Å². The quantitative estimate of drug-likeness (QED) is 0.484. The van der Waals surface area contributed by atoms with E-state index >= 15 is 0 Å². The Morgan fingerprint density at radius 2 is 1.89 bits per heavy atom. The molecule has 0 fully saturated rings. The maximum Gasteiger partial charge on any atom is 0.332 e. The van der Waals surface area contributed by atoms with Crippen LogP contribution in [0.5, 0.6) is 0 Å². The average molecular weight is 377 g/mol. The number of nitrogens with zero attached hydrogens (tertiary/aromatic N) is 5. The van der Waals surface area contributed by atoms with Crippen molar-refractivity contribution in [3.63, 3.8) is 0 Å². The van der Waals surface area contributed by atoms with Crippen molar-refractivity contribution in [1.82, 2.24) is 23.1 Å². The summed E-state index contributed by atoms with van der Waals surface area (Å²) in [6.45, 7) is 6.70. The molecule has 0 bridgehead atoms. The standard InChI is InChI=1S/C21H23N5O2/c1-4-12-24-15(2)14-26-17-18(22-20(24)26)23(3)21(28)25(19(17)27)13-8-11-16-9-6-5-7-10-16/h4-7,9-10,14H,1,8,11-13H2,2-3H3. The van der Waals surface area contributed by atoms with Crippen LogP contribution in [0.4, 0.5) is 0 Å². The molecule has 1 aromatic carbocycles. The van der Waals surface area contributed by atoms with Crippen LogP contribution < -0.4 is 11.2 Å². The van der Waals surface area contributed by atoms with E-state index in [1.54, 1.807) is 17.5 Å². The lowest BCUT2D eigenvalue weighted by molar-refractivity contribution is 0.572. The van der Waals surface area contributed by atoms with Gasteiger partial charge in [-0.15, -0.1) is 6.58 Å². The lowest BCUT2D eigenvalue weighted by atomic mass is 10.1. The molecule has 0 aliphatic rings. The molecule has 3 heterocycles. The van der Waals surface area contributed by atoms with Gasteiger partial charge in [-0.05, 0) is 25.3 Å². The maximum atomic E-state index is 13.2. The monoisotopic (exact) mass is 377 g/mol. The van der Waals surface area contributed by atoms with E-state index in [1.807, 2.05) is 35.9 Å². The third kappa shape index (κ3) is 2.79. The highest BCUT2D eigenvalue weighted by atomic mass is 16.2. The summed E-state index contributed by atoms with van der Waals surface area (Å²) >= 11 is 0. The van der Waals surface area contributed by atoms with E-state index < -0.39 is 0 Å². The van der Waals surface area contributed by atoms with Crippen molar-refractivity contribution in [2.24, 2.45) is 7.05 Å². The van der Waals surface area contributed by atoms with Gasteiger partial charge in [-0.3, -0.25) is 18.3 Å². The largest absolute Gasteiger partial charge is 0.332 e. The molecule has 7 heteroatoms. The molecule has 0 amide bonds. The van der Waals surface area contributed by atoms with Gasteiger partial charge in [-0.25, -0.2) is 4.79 Å². The van der Waals surface area contributed by atoms with E-state index in [0.717, 1.165) is 12.1 Å². The molecule has 0 atom stereocenters.